The fourth-order valence-corrected chi connectivity index (χ4v) is 4.18. The van der Waals surface area contributed by atoms with Crippen LogP contribution < -0.4 is 15.5 Å². The van der Waals surface area contributed by atoms with E-state index in [0.717, 1.165) is 30.8 Å². The van der Waals surface area contributed by atoms with Crippen molar-refractivity contribution in [1.82, 2.24) is 5.32 Å². The van der Waals surface area contributed by atoms with Gasteiger partial charge in [0.2, 0.25) is 5.91 Å². The van der Waals surface area contributed by atoms with Crippen LogP contribution in [0, 0.1) is 0 Å². The largest absolute Gasteiger partial charge is 0.360 e. The number of nitrogens with zero attached hydrogens (tertiary/aromatic N) is 1. The minimum Gasteiger partial charge on any atom is -0.360 e. The molecule has 2 N–H and O–H groups in total. The van der Waals surface area contributed by atoms with Crippen LogP contribution in [0.15, 0.2) is 54.6 Å². The van der Waals surface area contributed by atoms with E-state index >= 15 is 0 Å². The molecule has 0 aliphatic carbocycles. The first-order chi connectivity index (χ1) is 13.3. The molecule has 2 aromatic rings. The van der Waals surface area contributed by atoms with Crippen LogP contribution in [-0.2, 0) is 10.2 Å². The number of nitrogens with one attached hydrogen (secondary N) is 2. The van der Waals surface area contributed by atoms with E-state index in [0.29, 0.717) is 11.5 Å². The zero-order valence-electron chi connectivity index (χ0n) is 16.9. The third-order valence-electron chi connectivity index (χ3n) is 5.26. The molecule has 1 fully saturated rings. The molecule has 0 radical (unpaired) electrons. The Balaban J connectivity index is 1.53. The topological polar surface area (TPSA) is 44.4 Å². The van der Waals surface area contributed by atoms with Crippen molar-refractivity contribution >= 4 is 34.6 Å². The molecule has 148 valence electrons. The smallest absolute Gasteiger partial charge is 0.227 e. The van der Waals surface area contributed by atoms with Crippen molar-refractivity contribution in [2.24, 2.45) is 0 Å². The number of carbonyl (C=O) groups is 1. The summed E-state index contributed by atoms with van der Waals surface area (Å²) in [6.07, 6.45) is 2.55. The number of carbonyl (C=O) groups excluding carboxylic acids is 1. The average molecular weight is 396 g/mol. The molecule has 1 unspecified atom stereocenters. The minimum absolute atomic E-state index is 0.0627. The fourth-order valence-electron chi connectivity index (χ4n) is 3.86. The number of hydrogen-bond donors (Lipinski definition) is 2. The summed E-state index contributed by atoms with van der Waals surface area (Å²) in [4.78, 5) is 13.7. The molecule has 0 saturated carbocycles. The molecule has 1 saturated heterocycles. The highest BCUT2D eigenvalue weighted by atomic mass is 32.1. The molecule has 28 heavy (non-hydrogen) atoms. The number of thiocarbonyl (C=S) groups is 1. The van der Waals surface area contributed by atoms with Crippen LogP contribution in [0.2, 0.25) is 0 Å². The monoisotopic (exact) mass is 395 g/mol. The second-order valence-electron chi connectivity index (χ2n) is 8.15. The van der Waals surface area contributed by atoms with Gasteiger partial charge in [-0.25, -0.2) is 0 Å². The van der Waals surface area contributed by atoms with E-state index in [2.05, 4.69) is 55.7 Å². The molecule has 0 spiro atoms. The highest BCUT2D eigenvalue weighted by Gasteiger charge is 2.24. The number of rotatable bonds is 6. The molecule has 1 heterocycles. The normalized spacial score (nSPS) is 15.4. The third-order valence-corrected chi connectivity index (χ3v) is 5.48. The first-order valence-corrected chi connectivity index (χ1v) is 10.3. The van der Waals surface area contributed by atoms with Crippen LogP contribution in [-0.4, -0.2) is 23.6 Å². The van der Waals surface area contributed by atoms with Gasteiger partial charge in [-0.1, -0.05) is 44.2 Å². The van der Waals surface area contributed by atoms with E-state index in [4.69, 9.17) is 12.2 Å². The second-order valence-corrected chi connectivity index (χ2v) is 8.56. The highest BCUT2D eigenvalue weighted by Crippen LogP contribution is 2.28. The summed E-state index contributed by atoms with van der Waals surface area (Å²) >= 11 is 5.49. The molecular formula is C23H29N3OS. The first-order valence-electron chi connectivity index (χ1n) is 9.89. The van der Waals surface area contributed by atoms with Gasteiger partial charge in [-0.05, 0) is 67.2 Å². The lowest BCUT2D eigenvalue weighted by Crippen LogP contribution is -2.39. The summed E-state index contributed by atoms with van der Waals surface area (Å²) < 4.78 is 0. The van der Waals surface area contributed by atoms with E-state index in [1.54, 1.807) is 0 Å². The van der Waals surface area contributed by atoms with Gasteiger partial charge in [0.05, 0.1) is 0 Å². The minimum atomic E-state index is 0.0627. The van der Waals surface area contributed by atoms with E-state index < -0.39 is 0 Å². The van der Waals surface area contributed by atoms with Gasteiger partial charge in [0.1, 0.15) is 0 Å². The van der Waals surface area contributed by atoms with Gasteiger partial charge in [-0.3, -0.25) is 4.79 Å². The summed E-state index contributed by atoms with van der Waals surface area (Å²) in [6, 6.07) is 18.7. The van der Waals surface area contributed by atoms with Gasteiger partial charge in [-0.15, -0.1) is 0 Å². The van der Waals surface area contributed by atoms with Crippen molar-refractivity contribution in [1.29, 1.82) is 0 Å². The highest BCUT2D eigenvalue weighted by molar-refractivity contribution is 7.80. The Labute approximate surface area is 173 Å². The number of benzene rings is 2. The Morgan fingerprint density at radius 1 is 1.14 bits per heavy atom. The Bertz CT molecular complexity index is 818. The van der Waals surface area contributed by atoms with Gasteiger partial charge in [-0.2, -0.15) is 0 Å². The lowest BCUT2D eigenvalue weighted by molar-refractivity contribution is -0.117. The van der Waals surface area contributed by atoms with E-state index in [1.807, 2.05) is 35.2 Å². The lowest BCUT2D eigenvalue weighted by atomic mass is 9.79. The molecule has 1 aliphatic heterocycles. The molecule has 2 aromatic carbocycles. The molecule has 3 rings (SSSR count). The zero-order valence-corrected chi connectivity index (χ0v) is 17.7. The SMILES string of the molecule is CC(CC(C)(C)c1ccccc1)NC(=S)Nc1ccc(N2CCCC2=O)cc1. The quantitative estimate of drug-likeness (QED) is 0.686. The maximum absolute atomic E-state index is 11.9. The van der Waals surface area contributed by atoms with E-state index in [-0.39, 0.29) is 17.4 Å². The molecular weight excluding hydrogens is 366 g/mol. The van der Waals surface area contributed by atoms with Crippen molar-refractivity contribution in [3.05, 3.63) is 60.2 Å². The Hall–Kier alpha value is -2.40. The van der Waals surface area contributed by atoms with Crippen molar-refractivity contribution < 1.29 is 4.79 Å². The van der Waals surface area contributed by atoms with E-state index in [1.165, 1.54) is 5.56 Å². The van der Waals surface area contributed by atoms with Crippen LogP contribution >= 0.6 is 12.2 Å². The molecule has 1 aliphatic rings. The van der Waals surface area contributed by atoms with Crippen molar-refractivity contribution in [2.45, 2.75) is 51.5 Å². The van der Waals surface area contributed by atoms with Crippen LogP contribution in [0.3, 0.4) is 0 Å². The van der Waals surface area contributed by atoms with Crippen LogP contribution in [0.5, 0.6) is 0 Å². The number of amides is 1. The van der Waals surface area contributed by atoms with Gasteiger partial charge < -0.3 is 15.5 Å². The predicted molar refractivity (Wildman–Crippen MR) is 121 cm³/mol. The Kier molecular flexibility index (Phi) is 6.35. The molecule has 5 heteroatoms. The van der Waals surface area contributed by atoms with Gasteiger partial charge in [0.25, 0.3) is 0 Å². The predicted octanol–water partition coefficient (Wildman–Crippen LogP) is 4.86. The molecule has 1 amide bonds. The molecule has 1 atom stereocenters. The maximum atomic E-state index is 11.9. The Morgan fingerprint density at radius 3 is 2.43 bits per heavy atom. The third kappa shape index (κ3) is 5.10. The van der Waals surface area contributed by atoms with Crippen molar-refractivity contribution in [2.75, 3.05) is 16.8 Å². The molecule has 0 aromatic heterocycles. The van der Waals surface area contributed by atoms with E-state index in [9.17, 15) is 4.79 Å². The summed E-state index contributed by atoms with van der Waals surface area (Å²) in [6.45, 7) is 7.48. The lowest BCUT2D eigenvalue weighted by Gasteiger charge is -2.29. The summed E-state index contributed by atoms with van der Waals surface area (Å²) in [5, 5.41) is 7.24. The summed E-state index contributed by atoms with van der Waals surface area (Å²) in [5.74, 6) is 0.202. The molecule has 0 bridgehead atoms. The molecule has 4 nitrogen and oxygen atoms in total. The van der Waals surface area contributed by atoms with Gasteiger partial charge >= 0.3 is 0 Å². The van der Waals surface area contributed by atoms with Gasteiger partial charge in [0.15, 0.2) is 5.11 Å². The fraction of sp³-hybridized carbons (Fsp3) is 0.391. The van der Waals surface area contributed by atoms with Crippen LogP contribution in [0.25, 0.3) is 0 Å². The van der Waals surface area contributed by atoms with Crippen LogP contribution in [0.4, 0.5) is 11.4 Å². The zero-order chi connectivity index (χ0) is 20.1. The summed E-state index contributed by atoms with van der Waals surface area (Å²) in [7, 11) is 0. The average Bonchev–Trinajstić information content (AvgIpc) is 3.08. The first kappa shape index (κ1) is 20.3. The van der Waals surface area contributed by atoms with Gasteiger partial charge in [0, 0.05) is 30.4 Å². The number of hydrogen-bond acceptors (Lipinski definition) is 2. The van der Waals surface area contributed by atoms with Crippen molar-refractivity contribution in [3.8, 4) is 0 Å². The second kappa shape index (κ2) is 8.74. The number of anilines is 2. The summed E-state index contributed by atoms with van der Waals surface area (Å²) in [5.41, 5.74) is 3.26. The van der Waals surface area contributed by atoms with Crippen LogP contribution in [0.1, 0.15) is 45.6 Å². The maximum Gasteiger partial charge on any atom is 0.227 e. The Morgan fingerprint density at radius 2 is 1.82 bits per heavy atom. The van der Waals surface area contributed by atoms with Crippen molar-refractivity contribution in [3.63, 3.8) is 0 Å². The standard InChI is InChI=1S/C23H29N3OS/c1-17(16-23(2,3)18-8-5-4-6-9-18)24-22(28)25-19-11-13-20(14-12-19)26-15-7-10-21(26)27/h4-6,8-9,11-14,17H,7,10,15-16H2,1-3H3,(H2,24,25,28).